The van der Waals surface area contributed by atoms with Crippen LogP contribution in [0, 0.1) is 13.8 Å². The average Bonchev–Trinajstić information content (AvgIpc) is 2.65. The number of aryl methyl sites for hydroxylation is 2. The number of ether oxygens (including phenoxy) is 2. The molecule has 0 saturated heterocycles. The Morgan fingerprint density at radius 2 is 1.67 bits per heavy atom. The van der Waals surface area contributed by atoms with E-state index in [1.807, 2.05) is 32.0 Å². The van der Waals surface area contributed by atoms with Crippen LogP contribution in [0.15, 0.2) is 42.5 Å². The minimum absolute atomic E-state index is 0.0760. The Morgan fingerprint density at radius 3 is 2.30 bits per heavy atom. The van der Waals surface area contributed by atoms with Crippen LogP contribution in [0.3, 0.4) is 0 Å². The second-order valence-corrected chi connectivity index (χ2v) is 6.24. The lowest BCUT2D eigenvalue weighted by Crippen LogP contribution is -2.25. The van der Waals surface area contributed by atoms with Gasteiger partial charge in [0.15, 0.2) is 6.61 Å². The number of carbonyl (C=O) groups excluding carboxylic acids is 2. The van der Waals surface area contributed by atoms with E-state index in [0.29, 0.717) is 24.4 Å². The van der Waals surface area contributed by atoms with E-state index in [9.17, 15) is 9.59 Å². The van der Waals surface area contributed by atoms with Gasteiger partial charge in [-0.1, -0.05) is 18.2 Å². The van der Waals surface area contributed by atoms with Crippen LogP contribution < -0.4 is 15.4 Å². The third-order valence-corrected chi connectivity index (χ3v) is 4.00. The Kier molecular flexibility index (Phi) is 7.82. The van der Waals surface area contributed by atoms with Crippen LogP contribution in [0.5, 0.6) is 5.75 Å². The van der Waals surface area contributed by atoms with Gasteiger partial charge in [-0.3, -0.25) is 9.59 Å². The molecule has 2 aromatic carbocycles. The molecule has 0 fully saturated rings. The number of anilines is 1. The highest BCUT2D eigenvalue weighted by Crippen LogP contribution is 2.22. The molecule has 2 aromatic rings. The first-order valence-corrected chi connectivity index (χ1v) is 8.87. The molecule has 0 unspecified atom stereocenters. The van der Waals surface area contributed by atoms with Crippen molar-refractivity contribution >= 4 is 17.5 Å². The Hall–Kier alpha value is -2.86. The van der Waals surface area contributed by atoms with Crippen LogP contribution in [0.4, 0.5) is 5.69 Å². The van der Waals surface area contributed by atoms with Crippen LogP contribution in [-0.4, -0.2) is 38.7 Å². The maximum Gasteiger partial charge on any atom is 0.262 e. The first-order valence-electron chi connectivity index (χ1n) is 8.87. The summed E-state index contributed by atoms with van der Waals surface area (Å²) in [5.41, 5.74) is 3.13. The summed E-state index contributed by atoms with van der Waals surface area (Å²) in [7, 11) is 1.63. The molecule has 0 heterocycles. The van der Waals surface area contributed by atoms with E-state index in [1.54, 1.807) is 31.4 Å². The van der Waals surface area contributed by atoms with Gasteiger partial charge in [-0.05, 0) is 55.7 Å². The van der Waals surface area contributed by atoms with Crippen molar-refractivity contribution in [2.45, 2.75) is 20.3 Å². The molecule has 6 heteroatoms. The quantitative estimate of drug-likeness (QED) is 0.665. The van der Waals surface area contributed by atoms with Gasteiger partial charge in [0.05, 0.1) is 0 Å². The second-order valence-electron chi connectivity index (χ2n) is 6.24. The van der Waals surface area contributed by atoms with E-state index in [-0.39, 0.29) is 18.4 Å². The molecule has 0 saturated carbocycles. The van der Waals surface area contributed by atoms with Crippen LogP contribution in [0.1, 0.15) is 27.9 Å². The normalized spacial score (nSPS) is 10.3. The van der Waals surface area contributed by atoms with Gasteiger partial charge in [0.2, 0.25) is 0 Å². The first-order chi connectivity index (χ1) is 13.0. The Morgan fingerprint density at radius 1 is 1.00 bits per heavy atom. The number of para-hydroxylation sites is 1. The van der Waals surface area contributed by atoms with Gasteiger partial charge in [0.1, 0.15) is 5.75 Å². The molecule has 0 spiro atoms. The molecule has 0 aromatic heterocycles. The monoisotopic (exact) mass is 370 g/mol. The first kappa shape index (κ1) is 20.5. The fourth-order valence-electron chi connectivity index (χ4n) is 2.59. The molecular formula is C21H26N2O4. The van der Waals surface area contributed by atoms with Crippen LogP contribution in [0.25, 0.3) is 0 Å². The molecule has 0 radical (unpaired) electrons. The number of rotatable bonds is 9. The zero-order valence-electron chi connectivity index (χ0n) is 16.0. The van der Waals surface area contributed by atoms with Gasteiger partial charge in [0, 0.05) is 31.5 Å². The smallest absolute Gasteiger partial charge is 0.262 e. The van der Waals surface area contributed by atoms with Crippen molar-refractivity contribution in [3.8, 4) is 5.75 Å². The van der Waals surface area contributed by atoms with E-state index < -0.39 is 0 Å². The molecule has 27 heavy (non-hydrogen) atoms. The average molecular weight is 370 g/mol. The minimum atomic E-state index is -0.255. The van der Waals surface area contributed by atoms with Crippen molar-refractivity contribution in [1.82, 2.24) is 5.32 Å². The van der Waals surface area contributed by atoms with Crippen molar-refractivity contribution in [2.75, 3.05) is 32.2 Å². The lowest BCUT2D eigenvalue weighted by Gasteiger charge is -2.12. The molecular weight excluding hydrogens is 344 g/mol. The van der Waals surface area contributed by atoms with Gasteiger partial charge in [-0.25, -0.2) is 0 Å². The number of methoxy groups -OCH3 is 1. The minimum Gasteiger partial charge on any atom is -0.483 e. The third-order valence-electron chi connectivity index (χ3n) is 4.00. The zero-order chi connectivity index (χ0) is 19.6. The molecule has 0 atom stereocenters. The summed E-state index contributed by atoms with van der Waals surface area (Å²) < 4.78 is 10.6. The summed E-state index contributed by atoms with van der Waals surface area (Å²) >= 11 is 0. The number of nitrogens with one attached hydrogen (secondary N) is 2. The van der Waals surface area contributed by atoms with Crippen LogP contribution in [0.2, 0.25) is 0 Å². The molecule has 2 rings (SSSR count). The van der Waals surface area contributed by atoms with E-state index in [4.69, 9.17) is 9.47 Å². The fraction of sp³-hybridized carbons (Fsp3) is 0.333. The number of carbonyl (C=O) groups is 2. The summed E-state index contributed by atoms with van der Waals surface area (Å²) in [5, 5.41) is 5.58. The molecule has 144 valence electrons. The lowest BCUT2D eigenvalue weighted by atomic mass is 10.1. The number of benzene rings is 2. The third kappa shape index (κ3) is 6.42. The van der Waals surface area contributed by atoms with Crippen LogP contribution in [-0.2, 0) is 9.53 Å². The van der Waals surface area contributed by atoms with Crippen molar-refractivity contribution in [3.05, 3.63) is 59.2 Å². The molecule has 6 nitrogen and oxygen atoms in total. The number of amides is 2. The van der Waals surface area contributed by atoms with E-state index >= 15 is 0 Å². The highest BCUT2D eigenvalue weighted by atomic mass is 16.5. The van der Waals surface area contributed by atoms with Gasteiger partial charge >= 0.3 is 0 Å². The second kappa shape index (κ2) is 10.3. The molecule has 0 aliphatic rings. The predicted molar refractivity (Wildman–Crippen MR) is 105 cm³/mol. The van der Waals surface area contributed by atoms with Crippen LogP contribution >= 0.6 is 0 Å². The number of hydrogen-bond acceptors (Lipinski definition) is 4. The summed E-state index contributed by atoms with van der Waals surface area (Å²) in [5.74, 6) is 0.324. The maximum atomic E-state index is 12.1. The predicted octanol–water partition coefficient (Wildman–Crippen LogP) is 3.09. The molecule has 2 amide bonds. The zero-order valence-corrected chi connectivity index (χ0v) is 16.0. The summed E-state index contributed by atoms with van der Waals surface area (Å²) in [6, 6.07) is 12.6. The SMILES string of the molecule is COCCCNC(=O)c1ccc(NC(=O)COc2c(C)cccc2C)cc1. The topological polar surface area (TPSA) is 76.7 Å². The van der Waals surface area contributed by atoms with Gasteiger partial charge in [0.25, 0.3) is 11.8 Å². The standard InChI is InChI=1S/C21H26N2O4/c1-15-6-4-7-16(2)20(15)27-14-19(24)23-18-10-8-17(9-11-18)21(25)22-12-5-13-26-3/h4,6-11H,5,12-14H2,1-3H3,(H,22,25)(H,23,24). The Labute approximate surface area is 159 Å². The maximum absolute atomic E-state index is 12.1. The van der Waals surface area contributed by atoms with Crippen molar-refractivity contribution in [3.63, 3.8) is 0 Å². The summed E-state index contributed by atoms with van der Waals surface area (Å²) in [4.78, 5) is 24.1. The van der Waals surface area contributed by atoms with Gasteiger partial charge in [-0.15, -0.1) is 0 Å². The lowest BCUT2D eigenvalue weighted by molar-refractivity contribution is -0.118. The van der Waals surface area contributed by atoms with E-state index in [0.717, 1.165) is 23.3 Å². The van der Waals surface area contributed by atoms with Gasteiger partial charge < -0.3 is 20.1 Å². The summed E-state index contributed by atoms with van der Waals surface area (Å²) in [6.07, 6.45) is 0.761. The number of hydrogen-bond donors (Lipinski definition) is 2. The molecule has 0 aliphatic carbocycles. The fourth-order valence-corrected chi connectivity index (χ4v) is 2.59. The molecule has 0 bridgehead atoms. The summed E-state index contributed by atoms with van der Waals surface area (Å²) in [6.45, 7) is 4.97. The Bertz CT molecular complexity index is 752. The van der Waals surface area contributed by atoms with E-state index in [1.165, 1.54) is 0 Å². The van der Waals surface area contributed by atoms with Crippen molar-refractivity contribution in [2.24, 2.45) is 0 Å². The van der Waals surface area contributed by atoms with Crippen molar-refractivity contribution < 1.29 is 19.1 Å². The molecule has 0 aliphatic heterocycles. The Balaban J connectivity index is 1.83. The largest absolute Gasteiger partial charge is 0.483 e. The molecule has 2 N–H and O–H groups in total. The van der Waals surface area contributed by atoms with Crippen molar-refractivity contribution in [1.29, 1.82) is 0 Å². The van der Waals surface area contributed by atoms with E-state index in [2.05, 4.69) is 10.6 Å². The highest BCUT2D eigenvalue weighted by molar-refractivity contribution is 5.96. The highest BCUT2D eigenvalue weighted by Gasteiger charge is 2.09. The van der Waals surface area contributed by atoms with Gasteiger partial charge in [-0.2, -0.15) is 0 Å².